The number of para-hydroxylation sites is 1. The Morgan fingerprint density at radius 3 is 2.95 bits per heavy atom. The predicted octanol–water partition coefficient (Wildman–Crippen LogP) is 1.56. The lowest BCUT2D eigenvalue weighted by Crippen LogP contribution is -2.36. The van der Waals surface area contributed by atoms with Gasteiger partial charge in [0.2, 0.25) is 0 Å². The van der Waals surface area contributed by atoms with Gasteiger partial charge in [0.15, 0.2) is 5.03 Å². The van der Waals surface area contributed by atoms with E-state index in [1.807, 2.05) is 12.1 Å². The van der Waals surface area contributed by atoms with Crippen LogP contribution in [-0.2, 0) is 16.4 Å². The second-order valence-electron chi connectivity index (χ2n) is 4.56. The standard InChI is InChI=1S/C13H15N3O3S/c1-19-11-6-2-4-10-5-3-7-16(13(10)11)20(17,18)12-8-14-9-15-12/h2,4,6,8-9H,3,5,7H2,1H3,(H,14,15). The Hall–Kier alpha value is -2.02. The summed E-state index contributed by atoms with van der Waals surface area (Å²) in [5.74, 6) is 0.574. The number of benzene rings is 1. The number of aromatic nitrogens is 2. The Bertz CT molecular complexity index is 696. The fourth-order valence-corrected chi connectivity index (χ4v) is 3.94. The first kappa shape index (κ1) is 13.0. The van der Waals surface area contributed by atoms with Crippen LogP contribution >= 0.6 is 0 Å². The topological polar surface area (TPSA) is 75.3 Å². The Morgan fingerprint density at radius 1 is 1.40 bits per heavy atom. The second-order valence-corrected chi connectivity index (χ2v) is 6.40. The highest BCUT2D eigenvalue weighted by atomic mass is 32.2. The minimum atomic E-state index is -3.63. The first-order valence-corrected chi connectivity index (χ1v) is 7.75. The molecule has 1 aliphatic heterocycles. The molecule has 0 bridgehead atoms. The number of nitrogens with zero attached hydrogens (tertiary/aromatic N) is 2. The number of hydrogen-bond acceptors (Lipinski definition) is 4. The van der Waals surface area contributed by atoms with Crippen molar-refractivity contribution in [3.8, 4) is 5.75 Å². The third-order valence-electron chi connectivity index (χ3n) is 3.40. The van der Waals surface area contributed by atoms with Crippen LogP contribution in [0, 0.1) is 0 Å². The number of nitrogens with one attached hydrogen (secondary N) is 1. The Morgan fingerprint density at radius 2 is 2.25 bits per heavy atom. The van der Waals surface area contributed by atoms with Crippen molar-refractivity contribution in [1.82, 2.24) is 9.97 Å². The van der Waals surface area contributed by atoms with Crippen LogP contribution in [0.25, 0.3) is 0 Å². The van der Waals surface area contributed by atoms with Gasteiger partial charge in [-0.1, -0.05) is 12.1 Å². The molecule has 2 aromatic rings. The molecule has 0 spiro atoms. The fourth-order valence-electron chi connectivity index (χ4n) is 2.49. The van der Waals surface area contributed by atoms with E-state index in [4.69, 9.17) is 4.74 Å². The zero-order chi connectivity index (χ0) is 14.2. The van der Waals surface area contributed by atoms with Crippen LogP contribution in [0.3, 0.4) is 0 Å². The normalized spacial score (nSPS) is 14.9. The number of anilines is 1. The summed E-state index contributed by atoms with van der Waals surface area (Å²) < 4.78 is 32.1. The maximum atomic E-state index is 12.7. The van der Waals surface area contributed by atoms with E-state index in [9.17, 15) is 8.42 Å². The van der Waals surface area contributed by atoms with Crippen molar-refractivity contribution >= 4 is 15.7 Å². The molecule has 3 rings (SSSR count). The molecule has 7 heteroatoms. The second kappa shape index (κ2) is 4.82. The fraction of sp³-hybridized carbons (Fsp3) is 0.308. The third-order valence-corrected chi connectivity index (χ3v) is 5.12. The van der Waals surface area contributed by atoms with E-state index in [0.29, 0.717) is 18.0 Å². The minimum Gasteiger partial charge on any atom is -0.495 e. The van der Waals surface area contributed by atoms with Gasteiger partial charge in [0.05, 0.1) is 25.3 Å². The van der Waals surface area contributed by atoms with Crippen molar-refractivity contribution in [2.75, 3.05) is 18.0 Å². The summed E-state index contributed by atoms with van der Waals surface area (Å²) in [6.07, 6.45) is 4.31. The average molecular weight is 293 g/mol. The van der Waals surface area contributed by atoms with Crippen LogP contribution in [0.4, 0.5) is 5.69 Å². The molecule has 0 radical (unpaired) electrons. The summed E-state index contributed by atoms with van der Waals surface area (Å²) in [6, 6.07) is 5.59. The van der Waals surface area contributed by atoms with E-state index >= 15 is 0 Å². The van der Waals surface area contributed by atoms with Crippen molar-refractivity contribution in [3.05, 3.63) is 36.3 Å². The van der Waals surface area contributed by atoms with Crippen molar-refractivity contribution in [2.24, 2.45) is 0 Å². The summed E-state index contributed by atoms with van der Waals surface area (Å²) >= 11 is 0. The lowest BCUT2D eigenvalue weighted by molar-refractivity contribution is 0.414. The number of sulfonamides is 1. The number of methoxy groups -OCH3 is 1. The summed E-state index contributed by atoms with van der Waals surface area (Å²) in [6.45, 7) is 0.439. The van der Waals surface area contributed by atoms with Gasteiger partial charge in [0.1, 0.15) is 5.75 Å². The van der Waals surface area contributed by atoms with Gasteiger partial charge < -0.3 is 9.72 Å². The predicted molar refractivity (Wildman–Crippen MR) is 74.4 cm³/mol. The van der Waals surface area contributed by atoms with Gasteiger partial charge in [-0.25, -0.2) is 4.98 Å². The maximum Gasteiger partial charge on any atom is 0.281 e. The molecule has 2 heterocycles. The monoisotopic (exact) mass is 293 g/mol. The molecule has 0 fully saturated rings. The number of aryl methyl sites for hydroxylation is 1. The molecule has 20 heavy (non-hydrogen) atoms. The SMILES string of the molecule is COc1cccc2c1N(S(=O)(=O)c1cnc[nH]1)CCC2. The van der Waals surface area contributed by atoms with Crippen LogP contribution < -0.4 is 9.04 Å². The van der Waals surface area contributed by atoms with Crippen molar-refractivity contribution in [3.63, 3.8) is 0 Å². The number of H-pyrrole nitrogens is 1. The first-order chi connectivity index (χ1) is 9.64. The number of hydrogen-bond donors (Lipinski definition) is 1. The molecule has 0 amide bonds. The van der Waals surface area contributed by atoms with E-state index < -0.39 is 10.0 Å². The van der Waals surface area contributed by atoms with Crippen molar-refractivity contribution in [1.29, 1.82) is 0 Å². The molecular weight excluding hydrogens is 278 g/mol. The molecule has 6 nitrogen and oxygen atoms in total. The molecule has 0 saturated carbocycles. The molecule has 0 aliphatic carbocycles. The van der Waals surface area contributed by atoms with E-state index in [0.717, 1.165) is 18.4 Å². The zero-order valence-electron chi connectivity index (χ0n) is 11.0. The average Bonchev–Trinajstić information content (AvgIpc) is 3.00. The quantitative estimate of drug-likeness (QED) is 0.932. The van der Waals surface area contributed by atoms with E-state index in [1.54, 1.807) is 13.2 Å². The van der Waals surface area contributed by atoms with Crippen molar-refractivity contribution < 1.29 is 13.2 Å². The highest BCUT2D eigenvalue weighted by molar-refractivity contribution is 7.92. The summed E-state index contributed by atoms with van der Waals surface area (Å²) in [5, 5.41) is 0.0938. The summed E-state index contributed by atoms with van der Waals surface area (Å²) in [5.41, 5.74) is 1.62. The maximum absolute atomic E-state index is 12.7. The van der Waals surface area contributed by atoms with E-state index in [-0.39, 0.29) is 5.03 Å². The number of rotatable bonds is 3. The van der Waals surface area contributed by atoms with E-state index in [1.165, 1.54) is 16.8 Å². The van der Waals surface area contributed by atoms with Gasteiger partial charge in [-0.15, -0.1) is 0 Å². The smallest absolute Gasteiger partial charge is 0.281 e. The Labute approximate surface area is 117 Å². The minimum absolute atomic E-state index is 0.0938. The molecule has 1 aliphatic rings. The van der Waals surface area contributed by atoms with Gasteiger partial charge in [-0.2, -0.15) is 8.42 Å². The molecule has 0 saturated heterocycles. The lowest BCUT2D eigenvalue weighted by atomic mass is 10.0. The summed E-state index contributed by atoms with van der Waals surface area (Å²) in [4.78, 5) is 6.45. The molecule has 1 aromatic carbocycles. The molecule has 1 N–H and O–H groups in total. The molecule has 0 atom stereocenters. The summed E-state index contributed by atoms with van der Waals surface area (Å²) in [7, 11) is -2.08. The van der Waals surface area contributed by atoms with Crippen LogP contribution in [0.15, 0.2) is 35.7 Å². The van der Waals surface area contributed by atoms with Gasteiger partial charge >= 0.3 is 0 Å². The van der Waals surface area contributed by atoms with Crippen LogP contribution in [0.1, 0.15) is 12.0 Å². The zero-order valence-corrected chi connectivity index (χ0v) is 11.9. The van der Waals surface area contributed by atoms with Gasteiger partial charge in [-0.05, 0) is 24.5 Å². The number of imidazole rings is 1. The van der Waals surface area contributed by atoms with Crippen LogP contribution in [0.5, 0.6) is 5.75 Å². The Kier molecular flexibility index (Phi) is 3.13. The highest BCUT2D eigenvalue weighted by Gasteiger charge is 2.32. The molecule has 106 valence electrons. The van der Waals surface area contributed by atoms with Crippen molar-refractivity contribution in [2.45, 2.75) is 17.9 Å². The van der Waals surface area contributed by atoms with Gasteiger partial charge in [0, 0.05) is 6.54 Å². The number of aromatic amines is 1. The Balaban J connectivity index is 2.15. The molecule has 0 unspecified atom stereocenters. The molecule has 1 aromatic heterocycles. The first-order valence-electron chi connectivity index (χ1n) is 6.31. The largest absolute Gasteiger partial charge is 0.495 e. The molecular formula is C13H15N3O3S. The number of fused-ring (bicyclic) bond motifs is 1. The van der Waals surface area contributed by atoms with Gasteiger partial charge in [-0.3, -0.25) is 4.31 Å². The van der Waals surface area contributed by atoms with Crippen LogP contribution in [-0.4, -0.2) is 32.0 Å². The highest BCUT2D eigenvalue weighted by Crippen LogP contribution is 2.38. The third kappa shape index (κ3) is 1.94. The van der Waals surface area contributed by atoms with Crippen LogP contribution in [0.2, 0.25) is 0 Å². The van der Waals surface area contributed by atoms with Gasteiger partial charge in [0.25, 0.3) is 10.0 Å². The number of ether oxygens (including phenoxy) is 1. The lowest BCUT2D eigenvalue weighted by Gasteiger charge is -2.31. The van der Waals surface area contributed by atoms with E-state index in [2.05, 4.69) is 9.97 Å².